The number of thioether (sulfide) groups is 1. The molecule has 0 saturated heterocycles. The van der Waals surface area contributed by atoms with Crippen molar-refractivity contribution in [2.24, 2.45) is 5.73 Å². The van der Waals surface area contributed by atoms with Crippen LogP contribution >= 0.6 is 11.8 Å². The van der Waals surface area contributed by atoms with Crippen molar-refractivity contribution in [3.8, 4) is 0 Å². The minimum atomic E-state index is -0.372. The van der Waals surface area contributed by atoms with E-state index < -0.39 is 0 Å². The van der Waals surface area contributed by atoms with Crippen LogP contribution in [0.15, 0.2) is 36.4 Å². The van der Waals surface area contributed by atoms with Crippen LogP contribution in [0, 0.1) is 0 Å². The number of carbonyl (C=O) groups excluding carboxylic acids is 1. The van der Waals surface area contributed by atoms with Gasteiger partial charge in [0.2, 0.25) is 5.91 Å². The summed E-state index contributed by atoms with van der Waals surface area (Å²) in [5.41, 5.74) is 6.93. The summed E-state index contributed by atoms with van der Waals surface area (Å²) in [4.78, 5) is 10.8. The molecule has 1 aromatic carbocycles. The predicted octanol–water partition coefficient (Wildman–Crippen LogP) is 2.59. The van der Waals surface area contributed by atoms with Gasteiger partial charge in [0.05, 0.1) is 0 Å². The Morgan fingerprint density at radius 1 is 1.40 bits per heavy atom. The zero-order valence-electron chi connectivity index (χ0n) is 8.77. The van der Waals surface area contributed by atoms with E-state index in [0.717, 1.165) is 11.5 Å². The van der Waals surface area contributed by atoms with Crippen LogP contribution in [-0.4, -0.2) is 11.7 Å². The average molecular weight is 221 g/mol. The molecule has 0 heterocycles. The molecular weight excluding hydrogens is 206 g/mol. The first-order valence-electron chi connectivity index (χ1n) is 4.81. The number of benzene rings is 1. The van der Waals surface area contributed by atoms with E-state index in [2.05, 4.69) is 6.08 Å². The Hall–Kier alpha value is -1.22. The van der Waals surface area contributed by atoms with Crippen molar-refractivity contribution in [2.75, 3.05) is 5.75 Å². The Labute approximate surface area is 94.6 Å². The smallest absolute Gasteiger partial charge is 0.248 e. The molecule has 1 amide bonds. The molecule has 0 aromatic heterocycles. The van der Waals surface area contributed by atoms with Gasteiger partial charge in [0.15, 0.2) is 0 Å². The van der Waals surface area contributed by atoms with E-state index in [0.29, 0.717) is 5.56 Å². The highest BCUT2D eigenvalue weighted by Crippen LogP contribution is 2.13. The van der Waals surface area contributed by atoms with Gasteiger partial charge in [-0.3, -0.25) is 4.79 Å². The molecule has 2 nitrogen and oxygen atoms in total. The fourth-order valence-corrected chi connectivity index (χ4v) is 1.98. The number of primary amides is 1. The summed E-state index contributed by atoms with van der Waals surface area (Å²) >= 11 is 1.84. The molecule has 3 heteroatoms. The number of hydrogen-bond acceptors (Lipinski definition) is 2. The molecule has 0 radical (unpaired) electrons. The van der Waals surface area contributed by atoms with E-state index in [1.807, 2.05) is 36.9 Å². The molecule has 0 unspecified atom stereocenters. The van der Waals surface area contributed by atoms with Gasteiger partial charge in [-0.25, -0.2) is 0 Å². The van der Waals surface area contributed by atoms with Crippen LogP contribution < -0.4 is 5.73 Å². The molecule has 80 valence electrons. The average Bonchev–Trinajstić information content (AvgIpc) is 2.25. The van der Waals surface area contributed by atoms with Crippen LogP contribution in [0.2, 0.25) is 0 Å². The topological polar surface area (TPSA) is 43.1 Å². The number of nitrogens with two attached hydrogens (primary N) is 1. The summed E-state index contributed by atoms with van der Waals surface area (Å²) in [5, 5.41) is 0. The second-order valence-electron chi connectivity index (χ2n) is 3.15. The first kappa shape index (κ1) is 11.9. The quantitative estimate of drug-likeness (QED) is 0.613. The summed E-state index contributed by atoms with van der Waals surface area (Å²) in [6.07, 6.45) is 4.17. The highest BCUT2D eigenvalue weighted by Gasteiger charge is 1.99. The molecule has 1 aromatic rings. The third kappa shape index (κ3) is 4.21. The van der Waals surface area contributed by atoms with Gasteiger partial charge in [-0.15, -0.1) is 0 Å². The van der Waals surface area contributed by atoms with E-state index in [9.17, 15) is 4.79 Å². The highest BCUT2D eigenvalue weighted by molar-refractivity contribution is 7.98. The van der Waals surface area contributed by atoms with Crippen LogP contribution in [0.1, 0.15) is 22.8 Å². The first-order chi connectivity index (χ1) is 7.24. The molecule has 0 atom stereocenters. The fraction of sp³-hybridized carbons (Fsp3) is 0.250. The number of hydrogen-bond donors (Lipinski definition) is 1. The van der Waals surface area contributed by atoms with E-state index in [-0.39, 0.29) is 5.91 Å². The largest absolute Gasteiger partial charge is 0.366 e. The molecule has 0 bridgehead atoms. The number of amides is 1. The van der Waals surface area contributed by atoms with Gasteiger partial charge >= 0.3 is 0 Å². The lowest BCUT2D eigenvalue weighted by Gasteiger charge is -2.00. The highest BCUT2D eigenvalue weighted by atomic mass is 32.2. The van der Waals surface area contributed by atoms with Gasteiger partial charge in [0.25, 0.3) is 0 Å². The van der Waals surface area contributed by atoms with Crippen molar-refractivity contribution in [3.63, 3.8) is 0 Å². The van der Waals surface area contributed by atoms with Crippen molar-refractivity contribution in [1.82, 2.24) is 0 Å². The van der Waals surface area contributed by atoms with Gasteiger partial charge in [-0.2, -0.15) is 11.8 Å². The Balaban J connectivity index is 2.46. The monoisotopic (exact) mass is 221 g/mol. The number of allylic oxidation sites excluding steroid dienone is 1. The Morgan fingerprint density at radius 2 is 2.07 bits per heavy atom. The van der Waals surface area contributed by atoms with Crippen LogP contribution in [0.3, 0.4) is 0 Å². The molecule has 0 spiro atoms. The Bertz CT molecular complexity index is 343. The molecule has 1 rings (SSSR count). The lowest BCUT2D eigenvalue weighted by Crippen LogP contribution is -2.10. The van der Waals surface area contributed by atoms with Gasteiger partial charge in [0, 0.05) is 17.1 Å². The van der Waals surface area contributed by atoms with E-state index in [1.165, 1.54) is 5.56 Å². The van der Waals surface area contributed by atoms with E-state index >= 15 is 0 Å². The maximum absolute atomic E-state index is 10.8. The Kier molecular flexibility index (Phi) is 4.98. The summed E-state index contributed by atoms with van der Waals surface area (Å²) in [7, 11) is 0. The predicted molar refractivity (Wildman–Crippen MR) is 65.9 cm³/mol. The maximum atomic E-state index is 10.8. The first-order valence-corrected chi connectivity index (χ1v) is 5.97. The molecule has 0 aliphatic rings. The van der Waals surface area contributed by atoms with Crippen molar-refractivity contribution in [2.45, 2.75) is 12.7 Å². The molecule has 15 heavy (non-hydrogen) atoms. The molecular formula is C12H15NOS. The minimum Gasteiger partial charge on any atom is -0.366 e. The van der Waals surface area contributed by atoms with Gasteiger partial charge < -0.3 is 5.73 Å². The maximum Gasteiger partial charge on any atom is 0.248 e. The summed E-state index contributed by atoms with van der Waals surface area (Å²) < 4.78 is 0. The van der Waals surface area contributed by atoms with Crippen molar-refractivity contribution >= 4 is 17.7 Å². The van der Waals surface area contributed by atoms with Crippen molar-refractivity contribution in [3.05, 3.63) is 47.5 Å². The second kappa shape index (κ2) is 6.30. The minimum absolute atomic E-state index is 0.372. The third-order valence-electron chi connectivity index (χ3n) is 1.96. The molecule has 0 fully saturated rings. The van der Waals surface area contributed by atoms with Crippen molar-refractivity contribution in [1.29, 1.82) is 0 Å². The zero-order valence-corrected chi connectivity index (χ0v) is 9.59. The molecule has 2 N–H and O–H groups in total. The van der Waals surface area contributed by atoms with Gasteiger partial charge in [-0.05, 0) is 24.6 Å². The second-order valence-corrected chi connectivity index (χ2v) is 4.18. The lowest BCUT2D eigenvalue weighted by atomic mass is 10.1. The van der Waals surface area contributed by atoms with Crippen LogP contribution in [-0.2, 0) is 5.75 Å². The van der Waals surface area contributed by atoms with Gasteiger partial charge in [0.1, 0.15) is 0 Å². The summed E-state index contributed by atoms with van der Waals surface area (Å²) in [5.74, 6) is 1.61. The zero-order chi connectivity index (χ0) is 11.1. The number of rotatable bonds is 5. The molecule has 0 aliphatic carbocycles. The van der Waals surface area contributed by atoms with Crippen LogP contribution in [0.4, 0.5) is 0 Å². The number of carbonyl (C=O) groups is 1. The van der Waals surface area contributed by atoms with E-state index in [4.69, 9.17) is 5.73 Å². The normalized spacial score (nSPS) is 10.7. The van der Waals surface area contributed by atoms with Crippen LogP contribution in [0.25, 0.3) is 0 Å². The van der Waals surface area contributed by atoms with E-state index in [1.54, 1.807) is 12.1 Å². The SMILES string of the molecule is C/C=C\CSCc1ccc(C(N)=O)cc1. The van der Waals surface area contributed by atoms with Crippen molar-refractivity contribution < 1.29 is 4.79 Å². The third-order valence-corrected chi connectivity index (χ3v) is 2.92. The standard InChI is InChI=1S/C12H15NOS/c1-2-3-8-15-9-10-4-6-11(7-5-10)12(13)14/h2-7H,8-9H2,1H3,(H2,13,14)/b3-2-. The molecule has 0 aliphatic heterocycles. The summed E-state index contributed by atoms with van der Waals surface area (Å²) in [6.45, 7) is 2.02. The van der Waals surface area contributed by atoms with Crippen LogP contribution in [0.5, 0.6) is 0 Å². The van der Waals surface area contributed by atoms with Gasteiger partial charge in [-0.1, -0.05) is 24.3 Å². The molecule has 0 saturated carbocycles. The Morgan fingerprint density at radius 3 is 2.60 bits per heavy atom. The fourth-order valence-electron chi connectivity index (χ4n) is 1.11. The lowest BCUT2D eigenvalue weighted by molar-refractivity contribution is 0.100. The summed E-state index contributed by atoms with van der Waals surface area (Å²) in [6, 6.07) is 7.44.